The summed E-state index contributed by atoms with van der Waals surface area (Å²) >= 11 is 5.14. The molecule has 1 heterocycles. The summed E-state index contributed by atoms with van der Waals surface area (Å²) in [6.45, 7) is 2.94. The normalized spacial score (nSPS) is 15.4. The van der Waals surface area contributed by atoms with Gasteiger partial charge in [0, 0.05) is 34.5 Å². The second-order valence-corrected chi connectivity index (χ2v) is 5.31. The van der Waals surface area contributed by atoms with E-state index in [0.717, 1.165) is 17.5 Å². The Morgan fingerprint density at radius 2 is 2.36 bits per heavy atom. The molecule has 0 fully saturated rings. The lowest BCUT2D eigenvalue weighted by Crippen LogP contribution is -2.19. The molecule has 0 aliphatic rings. The van der Waals surface area contributed by atoms with Crippen molar-refractivity contribution in [2.24, 2.45) is 11.7 Å². The first-order chi connectivity index (χ1) is 6.65. The summed E-state index contributed by atoms with van der Waals surface area (Å²) in [7, 11) is 1.72. The first-order valence-corrected chi connectivity index (χ1v) is 6.31. The van der Waals surface area contributed by atoms with Crippen molar-refractivity contribution in [3.05, 3.63) is 20.8 Å². The van der Waals surface area contributed by atoms with Gasteiger partial charge in [0.25, 0.3) is 0 Å². The molecule has 0 bridgehead atoms. The van der Waals surface area contributed by atoms with Crippen LogP contribution in [-0.2, 0) is 4.74 Å². The summed E-state index contributed by atoms with van der Waals surface area (Å²) in [6, 6.07) is 2.22. The van der Waals surface area contributed by atoms with Gasteiger partial charge in [-0.25, -0.2) is 0 Å². The van der Waals surface area contributed by atoms with E-state index < -0.39 is 0 Å². The Hall–Kier alpha value is 0.1000. The molecule has 0 aliphatic heterocycles. The Balaban J connectivity index is 2.51. The van der Waals surface area contributed by atoms with Crippen molar-refractivity contribution < 1.29 is 4.74 Å². The van der Waals surface area contributed by atoms with Crippen molar-refractivity contribution in [2.45, 2.75) is 19.4 Å². The van der Waals surface area contributed by atoms with Gasteiger partial charge in [0.1, 0.15) is 0 Å². The van der Waals surface area contributed by atoms with E-state index in [1.165, 1.54) is 4.88 Å². The Morgan fingerprint density at radius 1 is 1.64 bits per heavy atom. The van der Waals surface area contributed by atoms with Gasteiger partial charge >= 0.3 is 0 Å². The Kier molecular flexibility index (Phi) is 5.09. The minimum absolute atomic E-state index is 0.126. The van der Waals surface area contributed by atoms with Crippen LogP contribution in [-0.4, -0.2) is 13.7 Å². The molecule has 0 amide bonds. The largest absolute Gasteiger partial charge is 0.385 e. The molecule has 2 atom stereocenters. The third-order valence-corrected chi connectivity index (χ3v) is 4.10. The van der Waals surface area contributed by atoms with Gasteiger partial charge in [-0.3, -0.25) is 0 Å². The number of methoxy groups -OCH3 is 1. The predicted molar refractivity (Wildman–Crippen MR) is 64.6 cm³/mol. The molecular formula is C10H16BrNOS. The van der Waals surface area contributed by atoms with Gasteiger partial charge in [-0.05, 0) is 34.3 Å². The molecule has 4 heteroatoms. The molecular weight excluding hydrogens is 262 g/mol. The first-order valence-electron chi connectivity index (χ1n) is 4.63. The van der Waals surface area contributed by atoms with E-state index in [9.17, 15) is 0 Å². The fourth-order valence-electron chi connectivity index (χ4n) is 1.27. The van der Waals surface area contributed by atoms with Crippen LogP contribution in [0.5, 0.6) is 0 Å². The van der Waals surface area contributed by atoms with E-state index in [1.54, 1.807) is 18.4 Å². The third kappa shape index (κ3) is 3.35. The van der Waals surface area contributed by atoms with Gasteiger partial charge in [-0.15, -0.1) is 11.3 Å². The average molecular weight is 278 g/mol. The molecule has 0 saturated carbocycles. The van der Waals surface area contributed by atoms with E-state index in [2.05, 4.69) is 34.3 Å². The minimum Gasteiger partial charge on any atom is -0.385 e. The zero-order valence-electron chi connectivity index (χ0n) is 8.50. The highest BCUT2D eigenvalue weighted by Gasteiger charge is 2.16. The van der Waals surface area contributed by atoms with Crippen LogP contribution in [0.25, 0.3) is 0 Å². The van der Waals surface area contributed by atoms with Crippen molar-refractivity contribution >= 4 is 27.3 Å². The molecule has 1 aromatic heterocycles. The SMILES string of the molecule is COCCC(C)C(N)c1cc(Br)cs1. The topological polar surface area (TPSA) is 35.2 Å². The maximum atomic E-state index is 6.13. The van der Waals surface area contributed by atoms with Crippen LogP contribution in [0.4, 0.5) is 0 Å². The third-order valence-electron chi connectivity index (χ3n) is 2.31. The van der Waals surface area contributed by atoms with Gasteiger partial charge in [0.05, 0.1) is 0 Å². The maximum absolute atomic E-state index is 6.13. The molecule has 0 aromatic carbocycles. The number of ether oxygens (including phenoxy) is 1. The van der Waals surface area contributed by atoms with Gasteiger partial charge in [0.15, 0.2) is 0 Å². The number of thiophene rings is 1. The highest BCUT2D eigenvalue weighted by atomic mass is 79.9. The van der Waals surface area contributed by atoms with Crippen LogP contribution in [0.3, 0.4) is 0 Å². The summed E-state index contributed by atoms with van der Waals surface area (Å²) in [5.74, 6) is 0.459. The van der Waals surface area contributed by atoms with Crippen LogP contribution >= 0.6 is 27.3 Å². The lowest BCUT2D eigenvalue weighted by atomic mass is 9.98. The van der Waals surface area contributed by atoms with E-state index in [4.69, 9.17) is 10.5 Å². The van der Waals surface area contributed by atoms with Crippen LogP contribution < -0.4 is 5.73 Å². The van der Waals surface area contributed by atoms with Crippen LogP contribution in [0, 0.1) is 5.92 Å². The number of hydrogen-bond acceptors (Lipinski definition) is 3. The molecule has 14 heavy (non-hydrogen) atoms. The molecule has 0 saturated heterocycles. The second-order valence-electron chi connectivity index (χ2n) is 3.45. The average Bonchev–Trinajstić information content (AvgIpc) is 2.60. The van der Waals surface area contributed by atoms with Gasteiger partial charge in [-0.2, -0.15) is 0 Å². The summed E-state index contributed by atoms with van der Waals surface area (Å²) in [5.41, 5.74) is 6.13. The summed E-state index contributed by atoms with van der Waals surface area (Å²) in [5, 5.41) is 2.07. The lowest BCUT2D eigenvalue weighted by Gasteiger charge is -2.17. The maximum Gasteiger partial charge on any atom is 0.0465 e. The number of rotatable bonds is 5. The summed E-state index contributed by atoms with van der Waals surface area (Å²) in [6.07, 6.45) is 1.01. The van der Waals surface area contributed by atoms with E-state index >= 15 is 0 Å². The number of halogens is 1. The molecule has 2 nitrogen and oxygen atoms in total. The van der Waals surface area contributed by atoms with Crippen molar-refractivity contribution in [3.8, 4) is 0 Å². The molecule has 0 spiro atoms. The molecule has 0 aliphatic carbocycles. The summed E-state index contributed by atoms with van der Waals surface area (Å²) in [4.78, 5) is 1.24. The molecule has 1 rings (SSSR count). The minimum atomic E-state index is 0.126. The van der Waals surface area contributed by atoms with Crippen LogP contribution in [0.2, 0.25) is 0 Å². The lowest BCUT2D eigenvalue weighted by molar-refractivity contribution is 0.175. The van der Waals surface area contributed by atoms with Gasteiger partial charge in [-0.1, -0.05) is 6.92 Å². The Bertz CT molecular complexity index is 277. The molecule has 0 radical (unpaired) electrons. The monoisotopic (exact) mass is 277 g/mol. The zero-order valence-corrected chi connectivity index (χ0v) is 10.9. The molecule has 2 unspecified atom stereocenters. The smallest absolute Gasteiger partial charge is 0.0465 e. The molecule has 2 N–H and O–H groups in total. The molecule has 80 valence electrons. The fraction of sp³-hybridized carbons (Fsp3) is 0.600. The predicted octanol–water partition coefficient (Wildman–Crippen LogP) is 3.18. The Labute approximate surface area is 97.6 Å². The van der Waals surface area contributed by atoms with Crippen molar-refractivity contribution in [3.63, 3.8) is 0 Å². The van der Waals surface area contributed by atoms with Crippen molar-refractivity contribution in [1.29, 1.82) is 0 Å². The highest BCUT2D eigenvalue weighted by molar-refractivity contribution is 9.10. The van der Waals surface area contributed by atoms with Gasteiger partial charge < -0.3 is 10.5 Å². The zero-order chi connectivity index (χ0) is 10.6. The quantitative estimate of drug-likeness (QED) is 0.897. The second kappa shape index (κ2) is 5.85. The van der Waals surface area contributed by atoms with Crippen LogP contribution in [0.15, 0.2) is 15.9 Å². The van der Waals surface area contributed by atoms with Gasteiger partial charge in [0.2, 0.25) is 0 Å². The van der Waals surface area contributed by atoms with Crippen molar-refractivity contribution in [1.82, 2.24) is 0 Å². The standard InChI is InChI=1S/C10H16BrNOS/c1-7(3-4-13-2)10(12)9-5-8(11)6-14-9/h5-7,10H,3-4,12H2,1-2H3. The van der Waals surface area contributed by atoms with Crippen LogP contribution in [0.1, 0.15) is 24.3 Å². The molecule has 1 aromatic rings. The number of hydrogen-bond donors (Lipinski definition) is 1. The van der Waals surface area contributed by atoms with E-state index in [1.807, 2.05) is 0 Å². The first kappa shape index (κ1) is 12.2. The summed E-state index contributed by atoms with van der Waals surface area (Å²) < 4.78 is 6.16. The fourth-order valence-corrected chi connectivity index (χ4v) is 2.85. The number of nitrogens with two attached hydrogens (primary N) is 1. The van der Waals surface area contributed by atoms with E-state index in [0.29, 0.717) is 5.92 Å². The van der Waals surface area contributed by atoms with E-state index in [-0.39, 0.29) is 6.04 Å². The Morgan fingerprint density at radius 3 is 2.86 bits per heavy atom. The highest BCUT2D eigenvalue weighted by Crippen LogP contribution is 2.29. The van der Waals surface area contributed by atoms with Crippen molar-refractivity contribution in [2.75, 3.05) is 13.7 Å².